The Labute approximate surface area is 395 Å². The number of nitrogens with zero attached hydrogens (tertiary/aromatic N) is 12. The van der Waals surface area contributed by atoms with Gasteiger partial charge in [-0.05, 0) is 111 Å². The van der Waals surface area contributed by atoms with E-state index >= 15 is 0 Å². The van der Waals surface area contributed by atoms with Gasteiger partial charge in [0.15, 0.2) is 0 Å². The second kappa shape index (κ2) is 27.9. The lowest BCUT2D eigenvalue weighted by Crippen LogP contribution is -2.60. The number of para-hydroxylation sites is 2. The topological polar surface area (TPSA) is 202 Å². The number of benzene rings is 2. The van der Waals surface area contributed by atoms with Gasteiger partial charge in [-0.3, -0.25) is 9.59 Å². The van der Waals surface area contributed by atoms with Crippen LogP contribution in [0.2, 0.25) is 0 Å². The summed E-state index contributed by atoms with van der Waals surface area (Å²) in [6.45, 7) is 16.0. The number of likely N-dealkylation sites (tertiary alicyclic amines) is 2. The van der Waals surface area contributed by atoms with Gasteiger partial charge in [-0.15, -0.1) is 24.8 Å². The maximum absolute atomic E-state index is 13.0. The molecule has 0 aliphatic carbocycles. The Bertz CT molecular complexity index is 1940. The van der Waals surface area contributed by atoms with Crippen LogP contribution in [0.3, 0.4) is 0 Å². The summed E-state index contributed by atoms with van der Waals surface area (Å²) in [5.74, 6) is 0.241. The minimum atomic E-state index is -0.347. The van der Waals surface area contributed by atoms with Crippen LogP contribution in [0.1, 0.15) is 79.1 Å². The summed E-state index contributed by atoms with van der Waals surface area (Å²) in [6.07, 6.45) is 5.93. The first-order valence-electron chi connectivity index (χ1n) is 22.3. The predicted octanol–water partition coefficient (Wildman–Crippen LogP) is 3.57. The van der Waals surface area contributed by atoms with Gasteiger partial charge in [-0.25, -0.2) is 9.59 Å². The summed E-state index contributed by atoms with van der Waals surface area (Å²) in [5, 5.41) is 15.6. The predicted molar refractivity (Wildman–Crippen MR) is 256 cm³/mol. The van der Waals surface area contributed by atoms with Crippen molar-refractivity contribution in [1.29, 1.82) is 0 Å². The van der Waals surface area contributed by atoms with E-state index in [-0.39, 0.29) is 64.6 Å². The number of aryl methyl sites for hydroxylation is 4. The number of piperidine rings is 2. The number of aromatic nitrogens is 8. The van der Waals surface area contributed by atoms with Gasteiger partial charge >= 0.3 is 11.4 Å². The van der Waals surface area contributed by atoms with E-state index in [4.69, 9.17) is 9.47 Å². The van der Waals surface area contributed by atoms with E-state index in [1.54, 1.807) is 14.2 Å². The van der Waals surface area contributed by atoms with Gasteiger partial charge in [-0.1, -0.05) is 50.2 Å². The van der Waals surface area contributed by atoms with Crippen molar-refractivity contribution in [2.24, 2.45) is 0 Å². The van der Waals surface area contributed by atoms with E-state index in [2.05, 4.69) is 30.7 Å². The SMILES string of the molecule is CCC(=O)N(c1ccccc1)C1(COC)CCN(CCCn2nnn(CC)c2=O)CC1.CCC(=O)N(c1ccccc1)C1(COC)CCN(CCCn2nnn(CC)c2=O)CC1.Cl.Cl.O. The van der Waals surface area contributed by atoms with Crippen LogP contribution in [-0.2, 0) is 45.2 Å². The van der Waals surface area contributed by atoms with Gasteiger partial charge in [0.05, 0.1) is 24.3 Å². The molecule has 4 aromatic rings. The monoisotopic (exact) mass is 951 g/mol. The number of tetrazole rings is 2. The van der Waals surface area contributed by atoms with Crippen molar-refractivity contribution in [3.05, 3.63) is 81.6 Å². The first-order valence-corrected chi connectivity index (χ1v) is 22.3. The van der Waals surface area contributed by atoms with E-state index in [1.807, 2.05) is 98.2 Å². The van der Waals surface area contributed by atoms with Crippen molar-refractivity contribution in [3.8, 4) is 0 Å². The van der Waals surface area contributed by atoms with Gasteiger partial charge in [-0.2, -0.15) is 18.7 Å². The number of hydrogen-bond donors (Lipinski definition) is 0. The molecule has 0 spiro atoms. The van der Waals surface area contributed by atoms with Gasteiger partial charge in [0.25, 0.3) is 0 Å². The Kier molecular flexibility index (Phi) is 24.3. The molecule has 2 fully saturated rings. The number of carbonyl (C=O) groups is 2. The number of rotatable bonds is 20. The molecule has 2 aliphatic rings. The average molecular weight is 952 g/mol. The number of amides is 2. The van der Waals surface area contributed by atoms with Crippen LogP contribution in [0.5, 0.6) is 0 Å². The average Bonchev–Trinajstić information content (AvgIpc) is 3.85. The fourth-order valence-electron chi connectivity index (χ4n) is 8.80. The van der Waals surface area contributed by atoms with E-state index in [1.165, 1.54) is 18.7 Å². The molecule has 65 heavy (non-hydrogen) atoms. The highest BCUT2D eigenvalue weighted by Crippen LogP contribution is 2.36. The van der Waals surface area contributed by atoms with Crippen molar-refractivity contribution in [1.82, 2.24) is 49.4 Å². The molecule has 2 aliphatic heterocycles. The molecule has 0 saturated carbocycles. The Morgan fingerprint density at radius 1 is 0.554 bits per heavy atom. The quantitative estimate of drug-likeness (QED) is 0.125. The Morgan fingerprint density at radius 2 is 0.877 bits per heavy atom. The lowest BCUT2D eigenvalue weighted by molar-refractivity contribution is -0.121. The summed E-state index contributed by atoms with van der Waals surface area (Å²) in [6, 6.07) is 19.8. The summed E-state index contributed by atoms with van der Waals surface area (Å²) >= 11 is 0. The molecule has 0 radical (unpaired) electrons. The van der Waals surface area contributed by atoms with Crippen molar-refractivity contribution >= 4 is 48.0 Å². The van der Waals surface area contributed by atoms with E-state index < -0.39 is 0 Å². The van der Waals surface area contributed by atoms with E-state index in [0.717, 1.165) is 89.2 Å². The summed E-state index contributed by atoms with van der Waals surface area (Å²) in [5.41, 5.74) is 0.853. The lowest BCUT2D eigenvalue weighted by Gasteiger charge is -2.48. The molecule has 2 amide bonds. The maximum Gasteiger partial charge on any atom is 0.363 e. The molecule has 21 heteroatoms. The fraction of sp³-hybridized carbons (Fsp3) is 0.636. The van der Waals surface area contributed by atoms with Gasteiger partial charge in [0.1, 0.15) is 0 Å². The lowest BCUT2D eigenvalue weighted by atomic mass is 9.85. The second-order valence-corrected chi connectivity index (χ2v) is 16.1. The third kappa shape index (κ3) is 14.2. The molecule has 0 bridgehead atoms. The third-order valence-electron chi connectivity index (χ3n) is 12.2. The highest BCUT2D eigenvalue weighted by Gasteiger charge is 2.44. The molecule has 6 rings (SSSR count). The Hall–Kier alpha value is -4.50. The first kappa shape index (κ1) is 56.6. The summed E-state index contributed by atoms with van der Waals surface area (Å²) in [7, 11) is 3.41. The van der Waals surface area contributed by atoms with Crippen LogP contribution in [0.25, 0.3) is 0 Å². The van der Waals surface area contributed by atoms with Crippen LogP contribution < -0.4 is 21.2 Å². The fourth-order valence-corrected chi connectivity index (χ4v) is 8.80. The van der Waals surface area contributed by atoms with Crippen LogP contribution in [-0.4, -0.2) is 144 Å². The zero-order valence-electron chi connectivity index (χ0n) is 39.0. The summed E-state index contributed by atoms with van der Waals surface area (Å²) < 4.78 is 16.8. The zero-order valence-corrected chi connectivity index (χ0v) is 40.7. The molecule has 2 N–H and O–H groups in total. The number of halogens is 2. The second-order valence-electron chi connectivity index (χ2n) is 16.1. The molecule has 4 heterocycles. The van der Waals surface area contributed by atoms with Crippen LogP contribution in [0.4, 0.5) is 11.4 Å². The molecule has 2 aromatic carbocycles. The van der Waals surface area contributed by atoms with Crippen LogP contribution in [0, 0.1) is 0 Å². The summed E-state index contributed by atoms with van der Waals surface area (Å²) in [4.78, 5) is 58.8. The molecule has 0 atom stereocenters. The maximum atomic E-state index is 13.0. The van der Waals surface area contributed by atoms with Gasteiger partial charge < -0.3 is 34.5 Å². The Morgan fingerprint density at radius 3 is 1.15 bits per heavy atom. The molecular weight excluding hydrogens is 879 g/mol. The van der Waals surface area contributed by atoms with Crippen molar-refractivity contribution in [3.63, 3.8) is 0 Å². The number of carbonyl (C=O) groups excluding carboxylic acids is 2. The highest BCUT2D eigenvalue weighted by atomic mass is 35.5. The number of anilines is 2. The van der Waals surface area contributed by atoms with Gasteiger partial charge in [0, 0.05) is 90.8 Å². The molecular formula is C44H72Cl2N12O7. The van der Waals surface area contributed by atoms with Crippen molar-refractivity contribution in [2.45, 2.75) is 116 Å². The molecule has 364 valence electrons. The molecule has 2 saturated heterocycles. The van der Waals surface area contributed by atoms with E-state index in [0.29, 0.717) is 52.2 Å². The molecule has 2 aromatic heterocycles. The minimum Gasteiger partial charge on any atom is -0.412 e. The number of hydrogen-bond acceptors (Lipinski definition) is 12. The largest absolute Gasteiger partial charge is 0.412 e. The highest BCUT2D eigenvalue weighted by molar-refractivity contribution is 5.95. The van der Waals surface area contributed by atoms with Crippen LogP contribution >= 0.6 is 24.8 Å². The van der Waals surface area contributed by atoms with Crippen molar-refractivity contribution < 1.29 is 24.5 Å². The standard InChI is InChI=1S/2C22H34N6O3.2ClH.H2O/c2*1-4-20(29)28(19-10-7-6-8-11-19)22(18-31-3)12-16-25(17-13-22)14-9-15-27-21(30)26(5-2)23-24-27;;;/h2*6-8,10-11H,4-5,9,12-18H2,1-3H3;2*1H;1H2. The van der Waals surface area contributed by atoms with Gasteiger partial charge in [0.2, 0.25) is 11.8 Å². The van der Waals surface area contributed by atoms with Crippen LogP contribution in [0.15, 0.2) is 70.3 Å². The van der Waals surface area contributed by atoms with Crippen molar-refractivity contribution in [2.75, 3.05) is 76.5 Å². The minimum absolute atomic E-state index is 0. The number of methoxy groups -OCH3 is 2. The molecule has 0 unspecified atom stereocenters. The Balaban J connectivity index is 0.000000427. The normalized spacial score (nSPS) is 15.6. The van der Waals surface area contributed by atoms with E-state index in [9.17, 15) is 19.2 Å². The third-order valence-corrected chi connectivity index (χ3v) is 12.2. The molecule has 19 nitrogen and oxygen atoms in total. The zero-order chi connectivity index (χ0) is 44.5. The number of ether oxygens (including phenoxy) is 2. The first-order chi connectivity index (χ1) is 30.1. The smallest absolute Gasteiger partial charge is 0.363 e.